The van der Waals surface area contributed by atoms with E-state index in [-0.39, 0.29) is 24.0 Å². The van der Waals surface area contributed by atoms with Crippen LogP contribution >= 0.6 is 35.3 Å². The van der Waals surface area contributed by atoms with E-state index in [2.05, 4.69) is 57.4 Å². The molecule has 1 aromatic heterocycles. The fraction of sp³-hybridized carbons (Fsp3) is 0.353. The minimum atomic E-state index is 0. The van der Waals surface area contributed by atoms with E-state index in [4.69, 9.17) is 4.74 Å². The number of aliphatic imine (C=N–C) groups is 1. The SMILES string of the molecule is CCOCc1ccc(CNC(=NC)NCc2cccs2)cc1.I. The zero-order valence-electron chi connectivity index (χ0n) is 13.5. The van der Waals surface area contributed by atoms with Gasteiger partial charge in [-0.05, 0) is 29.5 Å². The molecule has 2 rings (SSSR count). The molecule has 1 aromatic carbocycles. The van der Waals surface area contributed by atoms with Crippen molar-refractivity contribution in [2.75, 3.05) is 13.7 Å². The second-order valence-corrected chi connectivity index (χ2v) is 5.84. The number of guanidine groups is 1. The fourth-order valence-electron chi connectivity index (χ4n) is 1.96. The second-order valence-electron chi connectivity index (χ2n) is 4.81. The molecule has 126 valence electrons. The lowest BCUT2D eigenvalue weighted by molar-refractivity contribution is 0.134. The summed E-state index contributed by atoms with van der Waals surface area (Å²) in [7, 11) is 1.79. The van der Waals surface area contributed by atoms with Crippen LogP contribution in [0.25, 0.3) is 0 Å². The number of thiophene rings is 1. The molecule has 4 nitrogen and oxygen atoms in total. The van der Waals surface area contributed by atoms with Gasteiger partial charge in [0.15, 0.2) is 5.96 Å². The molecule has 0 saturated heterocycles. The van der Waals surface area contributed by atoms with Gasteiger partial charge in [0.25, 0.3) is 0 Å². The molecule has 0 aliphatic carbocycles. The van der Waals surface area contributed by atoms with Crippen LogP contribution in [0.1, 0.15) is 22.9 Å². The number of nitrogens with zero attached hydrogens (tertiary/aromatic N) is 1. The van der Waals surface area contributed by atoms with E-state index in [0.29, 0.717) is 6.61 Å². The van der Waals surface area contributed by atoms with Gasteiger partial charge in [-0.15, -0.1) is 35.3 Å². The van der Waals surface area contributed by atoms with Crippen LogP contribution in [0, 0.1) is 0 Å². The third-order valence-corrected chi connectivity index (χ3v) is 4.07. The van der Waals surface area contributed by atoms with E-state index >= 15 is 0 Å². The van der Waals surface area contributed by atoms with Crippen LogP contribution in [0.5, 0.6) is 0 Å². The Bertz CT molecular complexity index is 570. The molecule has 0 spiro atoms. The van der Waals surface area contributed by atoms with Crippen molar-refractivity contribution in [1.82, 2.24) is 10.6 Å². The van der Waals surface area contributed by atoms with Crippen molar-refractivity contribution in [3.8, 4) is 0 Å². The quantitative estimate of drug-likeness (QED) is 0.388. The van der Waals surface area contributed by atoms with E-state index in [1.54, 1.807) is 18.4 Å². The largest absolute Gasteiger partial charge is 0.377 e. The highest BCUT2D eigenvalue weighted by molar-refractivity contribution is 14.0. The highest BCUT2D eigenvalue weighted by Crippen LogP contribution is 2.08. The summed E-state index contributed by atoms with van der Waals surface area (Å²) in [6, 6.07) is 12.6. The van der Waals surface area contributed by atoms with Crippen molar-refractivity contribution in [2.45, 2.75) is 26.6 Å². The lowest BCUT2D eigenvalue weighted by Gasteiger charge is -2.11. The van der Waals surface area contributed by atoms with Gasteiger partial charge in [0.1, 0.15) is 0 Å². The third kappa shape index (κ3) is 7.32. The van der Waals surface area contributed by atoms with Crippen molar-refractivity contribution in [3.05, 3.63) is 57.8 Å². The first kappa shape index (κ1) is 19.9. The number of rotatable bonds is 7. The standard InChI is InChI=1S/C17H23N3OS.HI/c1-3-21-13-15-8-6-14(7-9-15)11-19-17(18-2)20-12-16-5-4-10-22-16;/h4-10H,3,11-13H2,1-2H3,(H2,18,19,20);1H. The smallest absolute Gasteiger partial charge is 0.191 e. The topological polar surface area (TPSA) is 45.6 Å². The van der Waals surface area contributed by atoms with Crippen molar-refractivity contribution in [1.29, 1.82) is 0 Å². The molecule has 23 heavy (non-hydrogen) atoms. The zero-order valence-corrected chi connectivity index (χ0v) is 16.7. The number of halogens is 1. The number of benzene rings is 1. The summed E-state index contributed by atoms with van der Waals surface area (Å²) in [5, 5.41) is 8.71. The molecule has 2 N–H and O–H groups in total. The molecule has 0 aliphatic rings. The first-order valence-electron chi connectivity index (χ1n) is 7.44. The minimum absolute atomic E-state index is 0. The highest BCUT2D eigenvalue weighted by Gasteiger charge is 2.00. The molecule has 0 fully saturated rings. The molecule has 0 bridgehead atoms. The van der Waals surface area contributed by atoms with Crippen LogP contribution < -0.4 is 10.6 Å². The molecule has 0 unspecified atom stereocenters. The van der Waals surface area contributed by atoms with Gasteiger partial charge in [-0.2, -0.15) is 0 Å². The van der Waals surface area contributed by atoms with Crippen LogP contribution in [0.15, 0.2) is 46.8 Å². The number of ether oxygens (including phenoxy) is 1. The molecule has 0 radical (unpaired) electrons. The van der Waals surface area contributed by atoms with Crippen LogP contribution in [-0.4, -0.2) is 19.6 Å². The maximum atomic E-state index is 5.40. The predicted octanol–water partition coefficient (Wildman–Crippen LogP) is 3.77. The van der Waals surface area contributed by atoms with Crippen LogP contribution in [-0.2, 0) is 24.4 Å². The maximum absolute atomic E-state index is 5.40. The average molecular weight is 445 g/mol. The molecular formula is C17H24IN3OS. The van der Waals surface area contributed by atoms with Gasteiger partial charge in [-0.25, -0.2) is 0 Å². The summed E-state index contributed by atoms with van der Waals surface area (Å²) in [5.74, 6) is 0.812. The monoisotopic (exact) mass is 445 g/mol. The molecule has 0 amide bonds. The second kappa shape index (κ2) is 11.4. The van der Waals surface area contributed by atoms with Gasteiger partial charge >= 0.3 is 0 Å². The van der Waals surface area contributed by atoms with Crippen LogP contribution in [0.3, 0.4) is 0 Å². The van der Waals surface area contributed by atoms with Gasteiger partial charge < -0.3 is 15.4 Å². The summed E-state index contributed by atoms with van der Waals surface area (Å²) >= 11 is 1.74. The summed E-state index contributed by atoms with van der Waals surface area (Å²) < 4.78 is 5.40. The Kier molecular flexibility index (Phi) is 9.89. The van der Waals surface area contributed by atoms with Crippen molar-refractivity contribution in [2.24, 2.45) is 4.99 Å². The molecule has 6 heteroatoms. The zero-order chi connectivity index (χ0) is 15.6. The van der Waals surface area contributed by atoms with Gasteiger partial charge in [0.05, 0.1) is 13.2 Å². The third-order valence-electron chi connectivity index (χ3n) is 3.19. The summed E-state index contributed by atoms with van der Waals surface area (Å²) in [6.45, 7) is 4.97. The van der Waals surface area contributed by atoms with Gasteiger partial charge in [-0.1, -0.05) is 30.3 Å². The summed E-state index contributed by atoms with van der Waals surface area (Å²) in [6.07, 6.45) is 0. The van der Waals surface area contributed by atoms with E-state index in [9.17, 15) is 0 Å². The Hall–Kier alpha value is -1.12. The first-order chi connectivity index (χ1) is 10.8. The van der Waals surface area contributed by atoms with E-state index in [1.807, 2.05) is 6.92 Å². The van der Waals surface area contributed by atoms with E-state index in [0.717, 1.165) is 25.7 Å². The normalized spacial score (nSPS) is 11.0. The highest BCUT2D eigenvalue weighted by atomic mass is 127. The Balaban J connectivity index is 0.00000264. The molecule has 0 atom stereocenters. The maximum Gasteiger partial charge on any atom is 0.191 e. The Morgan fingerprint density at radius 2 is 1.78 bits per heavy atom. The molecular weight excluding hydrogens is 421 g/mol. The van der Waals surface area contributed by atoms with Crippen molar-refractivity contribution >= 4 is 41.3 Å². The number of nitrogens with one attached hydrogen (secondary N) is 2. The molecule has 0 saturated carbocycles. The van der Waals surface area contributed by atoms with Gasteiger partial charge in [0, 0.05) is 25.1 Å². The minimum Gasteiger partial charge on any atom is -0.377 e. The lowest BCUT2D eigenvalue weighted by Crippen LogP contribution is -2.36. The average Bonchev–Trinajstić information content (AvgIpc) is 3.07. The van der Waals surface area contributed by atoms with E-state index < -0.39 is 0 Å². The lowest BCUT2D eigenvalue weighted by atomic mass is 10.1. The number of hydrogen-bond donors (Lipinski definition) is 2. The Morgan fingerprint density at radius 1 is 1.09 bits per heavy atom. The summed E-state index contributed by atoms with van der Waals surface area (Å²) in [4.78, 5) is 5.53. The van der Waals surface area contributed by atoms with Gasteiger partial charge in [-0.3, -0.25) is 4.99 Å². The predicted molar refractivity (Wildman–Crippen MR) is 109 cm³/mol. The first-order valence-corrected chi connectivity index (χ1v) is 8.32. The molecule has 1 heterocycles. The van der Waals surface area contributed by atoms with E-state index in [1.165, 1.54) is 16.0 Å². The summed E-state index contributed by atoms with van der Waals surface area (Å²) in [5.41, 5.74) is 2.42. The Morgan fingerprint density at radius 3 is 2.39 bits per heavy atom. The van der Waals surface area contributed by atoms with Crippen molar-refractivity contribution in [3.63, 3.8) is 0 Å². The molecule has 2 aromatic rings. The fourth-order valence-corrected chi connectivity index (χ4v) is 2.61. The van der Waals surface area contributed by atoms with Crippen LogP contribution in [0.4, 0.5) is 0 Å². The molecule has 0 aliphatic heterocycles. The Labute approximate surface area is 159 Å². The van der Waals surface area contributed by atoms with Gasteiger partial charge in [0.2, 0.25) is 0 Å². The number of hydrogen-bond acceptors (Lipinski definition) is 3. The van der Waals surface area contributed by atoms with Crippen LogP contribution in [0.2, 0.25) is 0 Å². The van der Waals surface area contributed by atoms with Crippen molar-refractivity contribution < 1.29 is 4.74 Å².